The summed E-state index contributed by atoms with van der Waals surface area (Å²) in [5.74, 6) is -0.298. The summed E-state index contributed by atoms with van der Waals surface area (Å²) in [4.78, 5) is 13.0. The largest absolute Gasteiger partial charge is 0.465 e. The van der Waals surface area contributed by atoms with Crippen LogP contribution in [0.4, 0.5) is 0 Å². The van der Waals surface area contributed by atoms with Gasteiger partial charge in [-0.25, -0.2) is 0 Å². The molecule has 0 aliphatic carbocycles. The molecule has 0 aromatic rings. The van der Waals surface area contributed by atoms with Crippen LogP contribution in [0.5, 0.6) is 0 Å². The molecule has 0 aromatic carbocycles. The Labute approximate surface area is 91.1 Å². The van der Waals surface area contributed by atoms with E-state index >= 15 is 0 Å². The topological polar surface area (TPSA) is 53.3 Å². The molecule has 4 nitrogen and oxygen atoms in total. The van der Waals surface area contributed by atoms with Crippen LogP contribution in [0.25, 0.3) is 0 Å². The van der Waals surface area contributed by atoms with Crippen LogP contribution in [-0.2, 0) is 9.53 Å². The zero-order valence-electron chi connectivity index (χ0n) is 9.40. The van der Waals surface area contributed by atoms with Crippen LogP contribution < -0.4 is 0 Å². The fraction of sp³-hybridized carbons (Fsp3) is 0.636. The fourth-order valence-corrected chi connectivity index (χ4v) is 1.27. The highest BCUT2D eigenvalue weighted by Crippen LogP contribution is 2.03. The van der Waals surface area contributed by atoms with Crippen molar-refractivity contribution in [2.75, 3.05) is 19.7 Å². The molecule has 0 N–H and O–H groups in total. The molecule has 0 heterocycles. The molecular formula is C11H18N2O2. The van der Waals surface area contributed by atoms with Crippen molar-refractivity contribution >= 4 is 5.97 Å². The smallest absolute Gasteiger partial charge is 0.320 e. The van der Waals surface area contributed by atoms with Crippen LogP contribution in [0.2, 0.25) is 0 Å². The van der Waals surface area contributed by atoms with Gasteiger partial charge in [-0.15, -0.1) is 6.58 Å². The Bertz CT molecular complexity index is 245. The molecule has 1 unspecified atom stereocenters. The normalized spacial score (nSPS) is 11.9. The Hall–Kier alpha value is -1.34. The second kappa shape index (κ2) is 8.01. The van der Waals surface area contributed by atoms with Crippen molar-refractivity contribution in [2.45, 2.75) is 26.3 Å². The molecule has 0 saturated heterocycles. The maximum atomic E-state index is 11.3. The number of hydrogen-bond donors (Lipinski definition) is 0. The van der Waals surface area contributed by atoms with Gasteiger partial charge in [-0.2, -0.15) is 5.26 Å². The van der Waals surface area contributed by atoms with E-state index in [1.54, 1.807) is 17.9 Å². The predicted molar refractivity (Wildman–Crippen MR) is 58.1 cm³/mol. The van der Waals surface area contributed by atoms with E-state index < -0.39 is 0 Å². The molecule has 0 fully saturated rings. The minimum Gasteiger partial charge on any atom is -0.465 e. The van der Waals surface area contributed by atoms with Crippen LogP contribution in [0, 0.1) is 11.3 Å². The number of carbonyl (C=O) groups excluding carboxylic acids is 1. The summed E-state index contributed by atoms with van der Waals surface area (Å²) < 4.78 is 4.83. The average molecular weight is 210 g/mol. The third-order valence-corrected chi connectivity index (χ3v) is 1.98. The molecule has 84 valence electrons. The van der Waals surface area contributed by atoms with E-state index in [0.29, 0.717) is 19.6 Å². The summed E-state index contributed by atoms with van der Waals surface area (Å²) in [7, 11) is 0. The molecule has 4 heteroatoms. The zero-order valence-corrected chi connectivity index (χ0v) is 9.40. The number of esters is 1. The van der Waals surface area contributed by atoms with Crippen LogP contribution in [0.1, 0.15) is 20.3 Å². The fourth-order valence-electron chi connectivity index (χ4n) is 1.27. The van der Waals surface area contributed by atoms with Gasteiger partial charge in [0.2, 0.25) is 0 Å². The summed E-state index contributed by atoms with van der Waals surface area (Å²) in [6, 6.07) is 1.90. The number of carbonyl (C=O) groups is 1. The Kier molecular flexibility index (Phi) is 7.29. The monoisotopic (exact) mass is 210 g/mol. The van der Waals surface area contributed by atoms with E-state index in [9.17, 15) is 4.79 Å². The van der Waals surface area contributed by atoms with Crippen molar-refractivity contribution < 1.29 is 9.53 Å². The van der Waals surface area contributed by atoms with E-state index in [-0.39, 0.29) is 18.6 Å². The van der Waals surface area contributed by atoms with Gasteiger partial charge in [0.15, 0.2) is 0 Å². The van der Waals surface area contributed by atoms with E-state index in [1.807, 2.05) is 6.92 Å². The van der Waals surface area contributed by atoms with Gasteiger partial charge in [-0.1, -0.05) is 13.0 Å². The van der Waals surface area contributed by atoms with Gasteiger partial charge in [0, 0.05) is 6.54 Å². The van der Waals surface area contributed by atoms with Gasteiger partial charge in [0.1, 0.15) is 0 Å². The zero-order chi connectivity index (χ0) is 11.7. The SMILES string of the molecule is C=CCN(CC(=O)OCC)C(C#N)CC. The molecule has 0 rings (SSSR count). The number of hydrogen-bond acceptors (Lipinski definition) is 4. The van der Waals surface area contributed by atoms with Gasteiger partial charge in [-0.05, 0) is 13.3 Å². The van der Waals surface area contributed by atoms with E-state index in [1.165, 1.54) is 0 Å². The Balaban J connectivity index is 4.32. The number of nitrogens with zero attached hydrogens (tertiary/aromatic N) is 2. The van der Waals surface area contributed by atoms with Crippen LogP contribution in [-0.4, -0.2) is 36.6 Å². The molecule has 15 heavy (non-hydrogen) atoms. The second-order valence-electron chi connectivity index (χ2n) is 3.08. The molecular weight excluding hydrogens is 192 g/mol. The second-order valence-corrected chi connectivity index (χ2v) is 3.08. The van der Waals surface area contributed by atoms with Crippen LogP contribution in [0.15, 0.2) is 12.7 Å². The lowest BCUT2D eigenvalue weighted by Gasteiger charge is -2.23. The Morgan fingerprint density at radius 1 is 1.67 bits per heavy atom. The minimum absolute atomic E-state index is 0.145. The van der Waals surface area contributed by atoms with Crippen LogP contribution >= 0.6 is 0 Å². The lowest BCUT2D eigenvalue weighted by atomic mass is 10.2. The van der Waals surface area contributed by atoms with Crippen LogP contribution in [0.3, 0.4) is 0 Å². The molecule has 0 bridgehead atoms. The standard InChI is InChI=1S/C11H18N2O2/c1-4-7-13(10(5-2)8-12)9-11(14)15-6-3/h4,10H,1,5-7,9H2,2-3H3. The highest BCUT2D eigenvalue weighted by molar-refractivity contribution is 5.71. The number of rotatable bonds is 7. The first-order valence-electron chi connectivity index (χ1n) is 5.09. The Morgan fingerprint density at radius 3 is 2.73 bits per heavy atom. The first-order chi connectivity index (χ1) is 7.19. The van der Waals surface area contributed by atoms with Crippen molar-refractivity contribution in [3.63, 3.8) is 0 Å². The van der Waals surface area contributed by atoms with Gasteiger partial charge in [-0.3, -0.25) is 9.69 Å². The molecule has 0 aliphatic rings. The first-order valence-corrected chi connectivity index (χ1v) is 5.09. The average Bonchev–Trinajstić information content (AvgIpc) is 2.20. The van der Waals surface area contributed by atoms with Crippen molar-refractivity contribution in [2.24, 2.45) is 0 Å². The highest BCUT2D eigenvalue weighted by atomic mass is 16.5. The van der Waals surface area contributed by atoms with Gasteiger partial charge >= 0.3 is 5.97 Å². The highest BCUT2D eigenvalue weighted by Gasteiger charge is 2.18. The van der Waals surface area contributed by atoms with E-state index in [4.69, 9.17) is 10.00 Å². The molecule has 0 aromatic heterocycles. The number of ether oxygens (including phenoxy) is 1. The maximum absolute atomic E-state index is 11.3. The minimum atomic E-state index is -0.298. The summed E-state index contributed by atoms with van der Waals surface area (Å²) in [5, 5.41) is 8.89. The van der Waals surface area contributed by atoms with E-state index in [0.717, 1.165) is 0 Å². The molecule has 0 aliphatic heterocycles. The molecule has 0 amide bonds. The summed E-state index contributed by atoms with van der Waals surface area (Å²) >= 11 is 0. The van der Waals surface area contributed by atoms with Gasteiger partial charge in [0.05, 0.1) is 25.3 Å². The van der Waals surface area contributed by atoms with E-state index in [2.05, 4.69) is 12.6 Å². The van der Waals surface area contributed by atoms with Crippen molar-refractivity contribution in [1.29, 1.82) is 5.26 Å². The first kappa shape index (κ1) is 13.7. The summed E-state index contributed by atoms with van der Waals surface area (Å²) in [5.41, 5.74) is 0. The van der Waals surface area contributed by atoms with Crippen molar-refractivity contribution in [1.82, 2.24) is 4.90 Å². The van der Waals surface area contributed by atoms with Crippen molar-refractivity contribution in [3.05, 3.63) is 12.7 Å². The number of nitriles is 1. The molecule has 0 saturated carbocycles. The third-order valence-electron chi connectivity index (χ3n) is 1.98. The lowest BCUT2D eigenvalue weighted by Crippen LogP contribution is -2.38. The molecule has 0 radical (unpaired) electrons. The van der Waals surface area contributed by atoms with Crippen molar-refractivity contribution in [3.8, 4) is 6.07 Å². The predicted octanol–water partition coefficient (Wildman–Crippen LogP) is 1.34. The summed E-state index contributed by atoms with van der Waals surface area (Å²) in [6.07, 6.45) is 2.36. The molecule has 0 spiro atoms. The molecule has 1 atom stereocenters. The lowest BCUT2D eigenvalue weighted by molar-refractivity contribution is -0.144. The third kappa shape index (κ3) is 5.18. The van der Waals surface area contributed by atoms with Gasteiger partial charge < -0.3 is 4.74 Å². The maximum Gasteiger partial charge on any atom is 0.320 e. The summed E-state index contributed by atoms with van der Waals surface area (Å²) in [6.45, 7) is 8.30. The van der Waals surface area contributed by atoms with Gasteiger partial charge in [0.25, 0.3) is 0 Å². The quantitative estimate of drug-likeness (QED) is 0.470. The Morgan fingerprint density at radius 2 is 2.33 bits per heavy atom.